The van der Waals surface area contributed by atoms with E-state index in [2.05, 4.69) is 0 Å². The van der Waals surface area contributed by atoms with Crippen LogP contribution in [0.15, 0.2) is 24.3 Å². The van der Waals surface area contributed by atoms with Gasteiger partial charge in [-0.1, -0.05) is 25.3 Å². The Kier molecular flexibility index (Phi) is 5.95. The fourth-order valence-electron chi connectivity index (χ4n) is 3.86. The minimum atomic E-state index is 0.0123. The molecule has 3 rings (SSSR count). The molecule has 1 heterocycles. The summed E-state index contributed by atoms with van der Waals surface area (Å²) in [5, 5.41) is 0. The van der Waals surface area contributed by atoms with Gasteiger partial charge in [-0.3, -0.25) is 9.59 Å². The number of benzene rings is 1. The van der Waals surface area contributed by atoms with Crippen molar-refractivity contribution in [1.29, 1.82) is 0 Å². The molecule has 136 valence electrons. The van der Waals surface area contributed by atoms with Gasteiger partial charge in [-0.05, 0) is 37.0 Å². The van der Waals surface area contributed by atoms with Gasteiger partial charge in [0.15, 0.2) is 0 Å². The van der Waals surface area contributed by atoms with Crippen LogP contribution in [0.4, 0.5) is 0 Å². The van der Waals surface area contributed by atoms with E-state index in [1.165, 1.54) is 32.1 Å². The van der Waals surface area contributed by atoms with Gasteiger partial charge in [0.05, 0.1) is 7.11 Å². The summed E-state index contributed by atoms with van der Waals surface area (Å²) in [7, 11) is 1.60. The van der Waals surface area contributed by atoms with Crippen LogP contribution >= 0.6 is 0 Å². The van der Waals surface area contributed by atoms with Gasteiger partial charge in [0.2, 0.25) is 5.91 Å². The van der Waals surface area contributed by atoms with Crippen molar-refractivity contribution in [3.8, 4) is 5.75 Å². The van der Waals surface area contributed by atoms with E-state index in [1.807, 2.05) is 28.0 Å². The zero-order valence-electron chi connectivity index (χ0n) is 15.1. The summed E-state index contributed by atoms with van der Waals surface area (Å²) in [5.41, 5.74) is 0.640. The molecular formula is C20H28N2O3. The average molecular weight is 344 g/mol. The first-order valence-electron chi connectivity index (χ1n) is 9.38. The second kappa shape index (κ2) is 8.37. The molecule has 2 amide bonds. The van der Waals surface area contributed by atoms with Crippen molar-refractivity contribution in [2.75, 3.05) is 33.3 Å². The Morgan fingerprint density at radius 1 is 1.04 bits per heavy atom. The maximum atomic E-state index is 12.6. The Morgan fingerprint density at radius 2 is 1.72 bits per heavy atom. The highest BCUT2D eigenvalue weighted by Gasteiger charge is 2.26. The summed E-state index contributed by atoms with van der Waals surface area (Å²) < 4.78 is 5.19. The van der Waals surface area contributed by atoms with Crippen molar-refractivity contribution in [3.05, 3.63) is 29.8 Å². The molecule has 2 fully saturated rings. The van der Waals surface area contributed by atoms with Crippen LogP contribution < -0.4 is 4.74 Å². The second-order valence-corrected chi connectivity index (χ2v) is 7.11. The van der Waals surface area contributed by atoms with Crippen LogP contribution in [0, 0.1) is 5.92 Å². The van der Waals surface area contributed by atoms with Crippen molar-refractivity contribution < 1.29 is 14.3 Å². The Hall–Kier alpha value is -2.04. The monoisotopic (exact) mass is 344 g/mol. The first kappa shape index (κ1) is 17.8. The van der Waals surface area contributed by atoms with E-state index in [0.717, 1.165) is 0 Å². The maximum Gasteiger partial charge on any atom is 0.254 e. The lowest BCUT2D eigenvalue weighted by molar-refractivity contribution is -0.133. The number of carbonyl (C=O) groups excluding carboxylic acids is 2. The summed E-state index contributed by atoms with van der Waals surface area (Å²) in [5.74, 6) is 1.53. The number of ether oxygens (including phenoxy) is 1. The molecule has 5 heteroatoms. The lowest BCUT2D eigenvalue weighted by Gasteiger charge is -2.35. The molecule has 0 radical (unpaired) electrons. The van der Waals surface area contributed by atoms with Crippen LogP contribution in [0.1, 0.15) is 48.9 Å². The molecule has 0 aromatic heterocycles. The molecular weight excluding hydrogens is 316 g/mol. The Labute approximate surface area is 149 Å². The maximum absolute atomic E-state index is 12.6. The molecule has 1 aliphatic carbocycles. The molecule has 0 spiro atoms. The number of nitrogens with zero attached hydrogens (tertiary/aromatic N) is 2. The zero-order valence-corrected chi connectivity index (χ0v) is 15.1. The summed E-state index contributed by atoms with van der Waals surface area (Å²) in [4.78, 5) is 28.9. The van der Waals surface area contributed by atoms with Crippen LogP contribution in [0.3, 0.4) is 0 Å². The minimum absolute atomic E-state index is 0.0123. The molecule has 0 atom stereocenters. The van der Waals surface area contributed by atoms with Crippen LogP contribution in [-0.4, -0.2) is 54.9 Å². The van der Waals surface area contributed by atoms with Crippen molar-refractivity contribution in [3.63, 3.8) is 0 Å². The third-order valence-electron chi connectivity index (χ3n) is 5.42. The number of hydrogen-bond acceptors (Lipinski definition) is 3. The number of rotatable bonds is 4. The quantitative estimate of drug-likeness (QED) is 0.844. The van der Waals surface area contributed by atoms with E-state index >= 15 is 0 Å². The standard InChI is InChI=1S/C20H28N2O3/c1-25-18-9-5-8-17(15-18)20(24)22-12-10-21(11-13-22)19(23)14-16-6-3-2-4-7-16/h5,8-9,15-16H,2-4,6-7,10-14H2,1H3. The number of carbonyl (C=O) groups is 2. The highest BCUT2D eigenvalue weighted by Crippen LogP contribution is 2.27. The number of methoxy groups -OCH3 is 1. The SMILES string of the molecule is COc1cccc(C(=O)N2CCN(C(=O)CC3CCCCC3)CC2)c1. The summed E-state index contributed by atoms with van der Waals surface area (Å²) in [6.45, 7) is 2.49. The number of amides is 2. The Balaban J connectivity index is 1.50. The highest BCUT2D eigenvalue weighted by atomic mass is 16.5. The Morgan fingerprint density at radius 3 is 2.40 bits per heavy atom. The summed E-state index contributed by atoms with van der Waals surface area (Å²) in [6, 6.07) is 7.24. The number of hydrogen-bond donors (Lipinski definition) is 0. The van der Waals surface area contributed by atoms with Gasteiger partial charge in [-0.2, -0.15) is 0 Å². The molecule has 5 nitrogen and oxygen atoms in total. The van der Waals surface area contributed by atoms with Crippen LogP contribution in [0.25, 0.3) is 0 Å². The zero-order chi connectivity index (χ0) is 17.6. The first-order valence-corrected chi connectivity index (χ1v) is 9.38. The third kappa shape index (κ3) is 4.53. The highest BCUT2D eigenvalue weighted by molar-refractivity contribution is 5.94. The third-order valence-corrected chi connectivity index (χ3v) is 5.42. The van der Waals surface area contributed by atoms with Crippen LogP contribution in [-0.2, 0) is 4.79 Å². The Bertz CT molecular complexity index is 603. The lowest BCUT2D eigenvalue weighted by Crippen LogP contribution is -2.50. The summed E-state index contributed by atoms with van der Waals surface area (Å²) in [6.07, 6.45) is 6.92. The molecule has 0 unspecified atom stereocenters. The topological polar surface area (TPSA) is 49.9 Å². The van der Waals surface area contributed by atoms with Gasteiger partial charge < -0.3 is 14.5 Å². The molecule has 0 bridgehead atoms. The van der Waals surface area contributed by atoms with Crippen LogP contribution in [0.2, 0.25) is 0 Å². The smallest absolute Gasteiger partial charge is 0.254 e. The molecule has 1 saturated carbocycles. The minimum Gasteiger partial charge on any atom is -0.497 e. The molecule has 1 aliphatic heterocycles. The lowest BCUT2D eigenvalue weighted by atomic mass is 9.86. The van der Waals surface area contributed by atoms with E-state index in [-0.39, 0.29) is 11.8 Å². The van der Waals surface area contributed by atoms with E-state index in [9.17, 15) is 9.59 Å². The molecule has 2 aliphatic rings. The van der Waals surface area contributed by atoms with Gasteiger partial charge in [-0.15, -0.1) is 0 Å². The van der Waals surface area contributed by atoms with Crippen molar-refractivity contribution >= 4 is 11.8 Å². The van der Waals surface area contributed by atoms with E-state index in [1.54, 1.807) is 13.2 Å². The second-order valence-electron chi connectivity index (χ2n) is 7.11. The fraction of sp³-hybridized carbons (Fsp3) is 0.600. The molecule has 0 N–H and O–H groups in total. The van der Waals surface area contributed by atoms with Gasteiger partial charge >= 0.3 is 0 Å². The van der Waals surface area contributed by atoms with Gasteiger partial charge in [0.25, 0.3) is 5.91 Å². The largest absolute Gasteiger partial charge is 0.497 e. The van der Waals surface area contributed by atoms with Crippen molar-refractivity contribution in [1.82, 2.24) is 9.80 Å². The van der Waals surface area contributed by atoms with E-state index in [4.69, 9.17) is 4.74 Å². The fourth-order valence-corrected chi connectivity index (χ4v) is 3.86. The summed E-state index contributed by atoms with van der Waals surface area (Å²) >= 11 is 0. The predicted octanol–water partition coefficient (Wildman–Crippen LogP) is 2.95. The molecule has 1 saturated heterocycles. The molecule has 1 aromatic rings. The first-order chi connectivity index (χ1) is 12.2. The molecule has 1 aromatic carbocycles. The molecule has 25 heavy (non-hydrogen) atoms. The number of piperazine rings is 1. The van der Waals surface area contributed by atoms with E-state index < -0.39 is 0 Å². The van der Waals surface area contributed by atoms with Crippen molar-refractivity contribution in [2.45, 2.75) is 38.5 Å². The van der Waals surface area contributed by atoms with Gasteiger partial charge in [-0.25, -0.2) is 0 Å². The average Bonchev–Trinajstić information content (AvgIpc) is 2.68. The van der Waals surface area contributed by atoms with Crippen LogP contribution in [0.5, 0.6) is 5.75 Å². The van der Waals surface area contributed by atoms with E-state index in [0.29, 0.717) is 49.8 Å². The van der Waals surface area contributed by atoms with Gasteiger partial charge in [0, 0.05) is 38.2 Å². The normalized spacial score (nSPS) is 18.9. The predicted molar refractivity (Wildman–Crippen MR) is 96.7 cm³/mol. The van der Waals surface area contributed by atoms with Crippen molar-refractivity contribution in [2.24, 2.45) is 5.92 Å². The van der Waals surface area contributed by atoms with Gasteiger partial charge in [0.1, 0.15) is 5.75 Å².